The van der Waals surface area contributed by atoms with Gasteiger partial charge in [-0.2, -0.15) is 0 Å². The Morgan fingerprint density at radius 1 is 1.24 bits per heavy atom. The van der Waals surface area contributed by atoms with Crippen LogP contribution in [0.1, 0.15) is 20.8 Å². The first-order valence-electron chi connectivity index (χ1n) is 6.47. The van der Waals surface area contributed by atoms with Gasteiger partial charge in [0, 0.05) is 11.8 Å². The van der Waals surface area contributed by atoms with Gasteiger partial charge in [0.05, 0.1) is 0 Å². The lowest BCUT2D eigenvalue weighted by atomic mass is 9.87. The summed E-state index contributed by atoms with van der Waals surface area (Å²) in [6.07, 6.45) is 0. The topological polar surface area (TPSA) is 96.9 Å². The fourth-order valence-electron chi connectivity index (χ4n) is 1.92. The molecule has 0 saturated carbocycles. The number of hydrogen-bond donors (Lipinski definition) is 3. The molecule has 0 aromatic heterocycles. The molecule has 0 saturated heterocycles. The number of hydrogen-bond acceptors (Lipinski definition) is 4. The summed E-state index contributed by atoms with van der Waals surface area (Å²) in [5.74, 6) is 0.0702. The third kappa shape index (κ3) is 3.56. The molecule has 3 N–H and O–H groups in total. The van der Waals surface area contributed by atoms with Crippen LogP contribution in [-0.4, -0.2) is 29.9 Å². The van der Waals surface area contributed by atoms with Crippen LogP contribution in [0.5, 0.6) is 11.5 Å². The SMILES string of the molecule is CC(C)(C)[C@H](NC(=O)Nc1ccc2c(c1)OCO2)C(=O)O. The minimum absolute atomic E-state index is 0.149. The number of benzene rings is 1. The second-order valence-corrected chi connectivity index (χ2v) is 5.80. The molecule has 1 aliphatic heterocycles. The van der Waals surface area contributed by atoms with E-state index < -0.39 is 23.5 Å². The van der Waals surface area contributed by atoms with Crippen LogP contribution in [-0.2, 0) is 4.79 Å². The predicted molar refractivity (Wildman–Crippen MR) is 75.6 cm³/mol. The summed E-state index contributed by atoms with van der Waals surface area (Å²) in [6, 6.07) is 3.37. The van der Waals surface area contributed by atoms with Crippen LogP contribution < -0.4 is 20.1 Å². The summed E-state index contributed by atoms with van der Waals surface area (Å²) >= 11 is 0. The second kappa shape index (κ2) is 5.51. The number of rotatable bonds is 3. The van der Waals surface area contributed by atoms with Crippen molar-refractivity contribution in [3.05, 3.63) is 18.2 Å². The number of carboxylic acid groups (broad SMARTS) is 1. The number of anilines is 1. The highest BCUT2D eigenvalue weighted by Crippen LogP contribution is 2.34. The normalized spacial score (nSPS) is 14.4. The molecule has 0 aliphatic carbocycles. The van der Waals surface area contributed by atoms with Gasteiger partial charge in [0.2, 0.25) is 6.79 Å². The number of fused-ring (bicyclic) bond motifs is 1. The lowest BCUT2D eigenvalue weighted by Crippen LogP contribution is -2.50. The maximum atomic E-state index is 11.9. The summed E-state index contributed by atoms with van der Waals surface area (Å²) in [7, 11) is 0. The number of urea groups is 1. The van der Waals surface area contributed by atoms with Crippen molar-refractivity contribution in [3.8, 4) is 11.5 Å². The van der Waals surface area contributed by atoms with E-state index in [9.17, 15) is 14.7 Å². The zero-order valence-electron chi connectivity index (χ0n) is 12.1. The maximum absolute atomic E-state index is 11.9. The molecular formula is C14H18N2O5. The van der Waals surface area contributed by atoms with Gasteiger partial charge in [-0.05, 0) is 17.5 Å². The van der Waals surface area contributed by atoms with Crippen molar-refractivity contribution in [1.29, 1.82) is 0 Å². The monoisotopic (exact) mass is 294 g/mol. The highest BCUT2D eigenvalue weighted by Gasteiger charge is 2.32. The quantitative estimate of drug-likeness (QED) is 0.792. The van der Waals surface area contributed by atoms with Gasteiger partial charge in [0.1, 0.15) is 6.04 Å². The number of aliphatic carboxylic acids is 1. The van der Waals surface area contributed by atoms with Crippen molar-refractivity contribution in [2.75, 3.05) is 12.1 Å². The van der Waals surface area contributed by atoms with Crippen LogP contribution in [0.15, 0.2) is 18.2 Å². The Hall–Kier alpha value is -2.44. The molecule has 1 heterocycles. The van der Waals surface area contributed by atoms with Crippen molar-refractivity contribution >= 4 is 17.7 Å². The summed E-state index contributed by atoms with van der Waals surface area (Å²) < 4.78 is 10.4. The van der Waals surface area contributed by atoms with Gasteiger partial charge in [-0.3, -0.25) is 0 Å². The fraction of sp³-hybridized carbons (Fsp3) is 0.429. The zero-order valence-corrected chi connectivity index (χ0v) is 12.1. The van der Waals surface area contributed by atoms with Gasteiger partial charge in [-0.1, -0.05) is 20.8 Å². The molecule has 21 heavy (non-hydrogen) atoms. The molecule has 1 aromatic carbocycles. The van der Waals surface area contributed by atoms with E-state index in [1.807, 2.05) is 0 Å². The molecule has 0 fully saturated rings. The highest BCUT2D eigenvalue weighted by atomic mass is 16.7. The minimum Gasteiger partial charge on any atom is -0.480 e. The van der Waals surface area contributed by atoms with E-state index in [0.717, 1.165) is 0 Å². The third-order valence-corrected chi connectivity index (χ3v) is 3.02. The largest absolute Gasteiger partial charge is 0.480 e. The van der Waals surface area contributed by atoms with E-state index in [4.69, 9.17) is 9.47 Å². The van der Waals surface area contributed by atoms with Gasteiger partial charge in [-0.25, -0.2) is 9.59 Å². The minimum atomic E-state index is -1.08. The molecule has 7 nitrogen and oxygen atoms in total. The zero-order chi connectivity index (χ0) is 15.6. The molecule has 0 radical (unpaired) electrons. The Morgan fingerprint density at radius 2 is 1.90 bits per heavy atom. The highest BCUT2D eigenvalue weighted by molar-refractivity contribution is 5.92. The summed E-state index contributed by atoms with van der Waals surface area (Å²) in [6.45, 7) is 5.38. The smallest absolute Gasteiger partial charge is 0.326 e. The van der Waals surface area contributed by atoms with Crippen molar-refractivity contribution in [3.63, 3.8) is 0 Å². The second-order valence-electron chi connectivity index (χ2n) is 5.80. The first-order chi connectivity index (χ1) is 9.77. The van der Waals surface area contributed by atoms with E-state index in [0.29, 0.717) is 17.2 Å². The van der Waals surface area contributed by atoms with Crippen LogP contribution in [0, 0.1) is 5.41 Å². The summed E-state index contributed by atoms with van der Waals surface area (Å²) in [5.41, 5.74) is -0.104. The lowest BCUT2D eigenvalue weighted by Gasteiger charge is -2.27. The van der Waals surface area contributed by atoms with Crippen molar-refractivity contribution in [2.45, 2.75) is 26.8 Å². The number of ether oxygens (including phenoxy) is 2. The van der Waals surface area contributed by atoms with Gasteiger partial charge < -0.3 is 25.2 Å². The summed E-state index contributed by atoms with van der Waals surface area (Å²) in [5, 5.41) is 14.2. The Labute approximate surface area is 122 Å². The van der Waals surface area contributed by atoms with Crippen LogP contribution in [0.4, 0.5) is 10.5 Å². The Kier molecular flexibility index (Phi) is 3.93. The van der Waals surface area contributed by atoms with E-state index in [2.05, 4.69) is 10.6 Å². The number of carboxylic acids is 1. The maximum Gasteiger partial charge on any atom is 0.326 e. The standard InChI is InChI=1S/C14H18N2O5/c1-14(2,3)11(12(17)18)16-13(19)15-8-4-5-9-10(6-8)21-7-20-9/h4-6,11H,7H2,1-3H3,(H,17,18)(H2,15,16,19)/t11-/m1/s1. The number of nitrogens with one attached hydrogen (secondary N) is 2. The average Bonchev–Trinajstić information content (AvgIpc) is 2.81. The lowest BCUT2D eigenvalue weighted by molar-refractivity contribution is -0.141. The Balaban J connectivity index is 2.03. The molecule has 114 valence electrons. The van der Waals surface area contributed by atoms with E-state index in [1.165, 1.54) is 0 Å². The Bertz CT molecular complexity index is 565. The van der Waals surface area contributed by atoms with Crippen LogP contribution >= 0.6 is 0 Å². The Morgan fingerprint density at radius 3 is 2.52 bits per heavy atom. The molecule has 1 aromatic rings. The van der Waals surface area contributed by atoms with Crippen molar-refractivity contribution < 1.29 is 24.2 Å². The molecule has 1 aliphatic rings. The van der Waals surface area contributed by atoms with E-state index >= 15 is 0 Å². The number of carbonyl (C=O) groups excluding carboxylic acids is 1. The molecule has 2 amide bonds. The molecule has 1 atom stereocenters. The van der Waals surface area contributed by atoms with Crippen molar-refractivity contribution in [2.24, 2.45) is 5.41 Å². The number of amides is 2. The van der Waals surface area contributed by atoms with Crippen molar-refractivity contribution in [1.82, 2.24) is 5.32 Å². The molecular weight excluding hydrogens is 276 g/mol. The van der Waals surface area contributed by atoms with E-state index in [-0.39, 0.29) is 6.79 Å². The molecule has 2 rings (SSSR count). The predicted octanol–water partition coefficient (Wildman–Crippen LogP) is 2.04. The summed E-state index contributed by atoms with van der Waals surface area (Å²) in [4.78, 5) is 23.1. The van der Waals surface area contributed by atoms with Gasteiger partial charge in [-0.15, -0.1) is 0 Å². The van der Waals surface area contributed by atoms with Crippen LogP contribution in [0.2, 0.25) is 0 Å². The van der Waals surface area contributed by atoms with Gasteiger partial charge >= 0.3 is 12.0 Å². The van der Waals surface area contributed by atoms with Crippen LogP contribution in [0.3, 0.4) is 0 Å². The molecule has 0 spiro atoms. The fourth-order valence-corrected chi connectivity index (χ4v) is 1.92. The molecule has 7 heteroatoms. The third-order valence-electron chi connectivity index (χ3n) is 3.02. The number of carbonyl (C=O) groups is 2. The molecule has 0 unspecified atom stereocenters. The van der Waals surface area contributed by atoms with Crippen LogP contribution in [0.25, 0.3) is 0 Å². The molecule has 0 bridgehead atoms. The first-order valence-corrected chi connectivity index (χ1v) is 6.47. The van der Waals surface area contributed by atoms with Gasteiger partial charge in [0.25, 0.3) is 0 Å². The van der Waals surface area contributed by atoms with E-state index in [1.54, 1.807) is 39.0 Å². The average molecular weight is 294 g/mol. The first kappa shape index (κ1) is 15.0. The van der Waals surface area contributed by atoms with Gasteiger partial charge in [0.15, 0.2) is 11.5 Å².